The van der Waals surface area contributed by atoms with Crippen molar-refractivity contribution in [3.63, 3.8) is 0 Å². The Bertz CT molecular complexity index is 360. The zero-order valence-electron chi connectivity index (χ0n) is 7.21. The number of hydrogen-bond acceptors (Lipinski definition) is 3. The predicted octanol–water partition coefficient (Wildman–Crippen LogP) is 1.78. The van der Waals surface area contributed by atoms with E-state index in [4.69, 9.17) is 15.7 Å². The van der Waals surface area contributed by atoms with E-state index in [9.17, 15) is 8.78 Å². The van der Waals surface area contributed by atoms with E-state index < -0.39 is 13.0 Å². The lowest BCUT2D eigenvalue weighted by Gasteiger charge is -2.06. The fourth-order valence-corrected chi connectivity index (χ4v) is 0.892. The summed E-state index contributed by atoms with van der Waals surface area (Å²) in [4.78, 5) is 0. The van der Waals surface area contributed by atoms with Crippen LogP contribution in [0.5, 0.6) is 5.75 Å². The average Bonchev–Trinajstić information content (AvgIpc) is 2.15. The van der Waals surface area contributed by atoms with Gasteiger partial charge in [-0.25, -0.2) is 8.78 Å². The number of nitrogens with two attached hydrogens (primary N) is 1. The lowest BCUT2D eigenvalue weighted by atomic mass is 10.2. The third-order valence-electron chi connectivity index (χ3n) is 1.52. The van der Waals surface area contributed by atoms with Gasteiger partial charge in [-0.3, -0.25) is 0 Å². The molecule has 74 valence electrons. The van der Waals surface area contributed by atoms with Gasteiger partial charge >= 0.3 is 0 Å². The molecule has 2 N–H and O–H groups in total. The van der Waals surface area contributed by atoms with Crippen molar-refractivity contribution in [1.29, 1.82) is 5.26 Å². The highest BCUT2D eigenvalue weighted by molar-refractivity contribution is 5.56. The van der Waals surface area contributed by atoms with E-state index in [0.29, 0.717) is 5.56 Å². The quantitative estimate of drug-likeness (QED) is 0.753. The molecule has 0 unspecified atom stereocenters. The van der Waals surface area contributed by atoms with Crippen molar-refractivity contribution in [3.05, 3.63) is 23.8 Å². The van der Waals surface area contributed by atoms with Crippen LogP contribution in [-0.2, 0) is 0 Å². The number of ether oxygens (including phenoxy) is 1. The Hall–Kier alpha value is -1.83. The minimum Gasteiger partial charge on any atom is -0.488 e. The fourth-order valence-electron chi connectivity index (χ4n) is 0.892. The van der Waals surface area contributed by atoms with Crippen molar-refractivity contribution in [2.75, 3.05) is 12.3 Å². The van der Waals surface area contributed by atoms with Crippen LogP contribution in [0.4, 0.5) is 14.5 Å². The monoisotopic (exact) mass is 198 g/mol. The first-order chi connectivity index (χ1) is 6.63. The zero-order chi connectivity index (χ0) is 10.6. The van der Waals surface area contributed by atoms with E-state index in [1.165, 1.54) is 18.2 Å². The molecule has 0 spiro atoms. The SMILES string of the molecule is N#Cc1ccc(OCC(F)F)cc1N. The molecule has 0 aliphatic rings. The van der Waals surface area contributed by atoms with Gasteiger partial charge in [0.25, 0.3) is 6.43 Å². The first-order valence-electron chi connectivity index (χ1n) is 3.84. The Morgan fingerprint density at radius 1 is 1.50 bits per heavy atom. The number of hydrogen-bond donors (Lipinski definition) is 1. The van der Waals surface area contributed by atoms with Crippen molar-refractivity contribution in [3.8, 4) is 11.8 Å². The van der Waals surface area contributed by atoms with Gasteiger partial charge in [0, 0.05) is 6.07 Å². The minimum atomic E-state index is -2.52. The van der Waals surface area contributed by atoms with Crippen LogP contribution in [0.3, 0.4) is 0 Å². The van der Waals surface area contributed by atoms with Gasteiger partial charge in [0.1, 0.15) is 18.4 Å². The van der Waals surface area contributed by atoms with E-state index in [1.54, 1.807) is 0 Å². The molecule has 0 heterocycles. The minimum absolute atomic E-state index is 0.222. The summed E-state index contributed by atoms with van der Waals surface area (Å²) in [5, 5.41) is 8.54. The molecule has 5 heteroatoms. The standard InChI is InChI=1S/C9H8F2N2O/c10-9(11)5-14-7-2-1-6(4-12)8(13)3-7/h1-3,9H,5,13H2. The molecule has 0 bridgehead atoms. The molecular formula is C9H8F2N2O. The maximum absolute atomic E-state index is 11.8. The van der Waals surface area contributed by atoms with Crippen molar-refractivity contribution in [2.24, 2.45) is 0 Å². The number of nitrogen functional groups attached to an aromatic ring is 1. The summed E-state index contributed by atoms with van der Waals surface area (Å²) in [6.45, 7) is -0.675. The Kier molecular flexibility index (Phi) is 3.24. The summed E-state index contributed by atoms with van der Waals surface area (Å²) in [6, 6.07) is 6.06. The summed E-state index contributed by atoms with van der Waals surface area (Å²) in [5.41, 5.74) is 5.97. The third kappa shape index (κ3) is 2.59. The van der Waals surface area contributed by atoms with Crippen LogP contribution < -0.4 is 10.5 Å². The van der Waals surface area contributed by atoms with E-state index in [1.807, 2.05) is 6.07 Å². The van der Waals surface area contributed by atoms with Gasteiger partial charge in [0.2, 0.25) is 0 Å². The molecule has 0 atom stereocenters. The van der Waals surface area contributed by atoms with Crippen LogP contribution in [0.2, 0.25) is 0 Å². The van der Waals surface area contributed by atoms with Crippen molar-refractivity contribution < 1.29 is 13.5 Å². The Balaban J connectivity index is 2.73. The highest BCUT2D eigenvalue weighted by atomic mass is 19.3. The molecule has 0 saturated carbocycles. The molecule has 14 heavy (non-hydrogen) atoms. The Labute approximate surface area is 79.7 Å². The van der Waals surface area contributed by atoms with Crippen LogP contribution in [-0.4, -0.2) is 13.0 Å². The second-order valence-electron chi connectivity index (χ2n) is 2.56. The Morgan fingerprint density at radius 2 is 2.21 bits per heavy atom. The average molecular weight is 198 g/mol. The van der Waals surface area contributed by atoms with Gasteiger partial charge in [-0.15, -0.1) is 0 Å². The van der Waals surface area contributed by atoms with Gasteiger partial charge in [-0.2, -0.15) is 5.26 Å². The topological polar surface area (TPSA) is 59.0 Å². The maximum atomic E-state index is 11.8. The lowest BCUT2D eigenvalue weighted by molar-refractivity contribution is 0.0819. The summed E-state index contributed by atoms with van der Waals surface area (Å²) in [6.07, 6.45) is -2.52. The fraction of sp³-hybridized carbons (Fsp3) is 0.222. The molecule has 0 fully saturated rings. The number of alkyl halides is 2. The third-order valence-corrected chi connectivity index (χ3v) is 1.52. The number of rotatable bonds is 3. The molecule has 0 aromatic heterocycles. The van der Waals surface area contributed by atoms with Gasteiger partial charge in [-0.05, 0) is 12.1 Å². The second-order valence-corrected chi connectivity index (χ2v) is 2.56. The van der Waals surface area contributed by atoms with Crippen molar-refractivity contribution >= 4 is 5.69 Å². The van der Waals surface area contributed by atoms with Gasteiger partial charge in [0.05, 0.1) is 11.3 Å². The van der Waals surface area contributed by atoms with Crippen molar-refractivity contribution in [2.45, 2.75) is 6.43 Å². The molecular weight excluding hydrogens is 190 g/mol. The largest absolute Gasteiger partial charge is 0.488 e. The van der Waals surface area contributed by atoms with Crippen LogP contribution in [0.1, 0.15) is 5.56 Å². The molecule has 1 rings (SSSR count). The van der Waals surface area contributed by atoms with Crippen molar-refractivity contribution in [1.82, 2.24) is 0 Å². The predicted molar refractivity (Wildman–Crippen MR) is 47.1 cm³/mol. The van der Waals surface area contributed by atoms with Gasteiger partial charge in [-0.1, -0.05) is 0 Å². The van der Waals surface area contributed by atoms with Crippen LogP contribution in [0.15, 0.2) is 18.2 Å². The molecule has 0 amide bonds. The van der Waals surface area contributed by atoms with E-state index in [0.717, 1.165) is 0 Å². The first-order valence-corrected chi connectivity index (χ1v) is 3.84. The van der Waals surface area contributed by atoms with E-state index in [-0.39, 0.29) is 11.4 Å². The maximum Gasteiger partial charge on any atom is 0.272 e. The molecule has 0 radical (unpaired) electrons. The highest BCUT2D eigenvalue weighted by Gasteiger charge is 2.05. The molecule has 0 saturated heterocycles. The molecule has 0 aliphatic carbocycles. The Morgan fingerprint density at radius 3 is 2.71 bits per heavy atom. The molecule has 1 aromatic carbocycles. The number of halogens is 2. The van der Waals surface area contributed by atoms with Crippen LogP contribution in [0, 0.1) is 11.3 Å². The summed E-state index contributed by atoms with van der Waals surface area (Å²) in [7, 11) is 0. The first kappa shape index (κ1) is 10.3. The molecule has 3 nitrogen and oxygen atoms in total. The molecule has 0 aliphatic heterocycles. The highest BCUT2D eigenvalue weighted by Crippen LogP contribution is 2.19. The second kappa shape index (κ2) is 4.42. The van der Waals surface area contributed by atoms with Gasteiger partial charge in [0.15, 0.2) is 0 Å². The summed E-state index contributed by atoms with van der Waals surface area (Å²) < 4.78 is 28.2. The molecule has 1 aromatic rings. The normalized spacial score (nSPS) is 9.86. The lowest BCUT2D eigenvalue weighted by Crippen LogP contribution is -2.07. The summed E-state index contributed by atoms with van der Waals surface area (Å²) >= 11 is 0. The van der Waals surface area contributed by atoms with E-state index >= 15 is 0 Å². The number of nitrogens with zero attached hydrogens (tertiary/aromatic N) is 1. The smallest absolute Gasteiger partial charge is 0.272 e. The van der Waals surface area contributed by atoms with Gasteiger partial charge < -0.3 is 10.5 Å². The summed E-state index contributed by atoms with van der Waals surface area (Å²) in [5.74, 6) is 0.238. The van der Waals surface area contributed by atoms with Crippen LogP contribution >= 0.6 is 0 Å². The number of benzene rings is 1. The number of nitriles is 1. The van der Waals surface area contributed by atoms with Crippen LogP contribution in [0.25, 0.3) is 0 Å². The van der Waals surface area contributed by atoms with E-state index in [2.05, 4.69) is 0 Å². The number of anilines is 1. The zero-order valence-corrected chi connectivity index (χ0v) is 7.21.